The molecule has 0 aliphatic heterocycles. The molecule has 1 heterocycles. The Kier molecular flexibility index (Phi) is 4.58. The zero-order valence-corrected chi connectivity index (χ0v) is 11.8. The lowest BCUT2D eigenvalue weighted by Gasteiger charge is -2.18. The predicted molar refractivity (Wildman–Crippen MR) is 77.6 cm³/mol. The third kappa shape index (κ3) is 3.58. The quantitative estimate of drug-likeness (QED) is 0.864. The SMILES string of the molecule is CCN(c1ccccc1)c1nc(CNC(C)C)co1. The molecule has 2 aromatic rings. The molecule has 0 bridgehead atoms. The highest BCUT2D eigenvalue weighted by molar-refractivity contribution is 5.55. The number of oxazole rings is 1. The second kappa shape index (κ2) is 6.38. The van der Waals surface area contributed by atoms with E-state index in [-0.39, 0.29) is 0 Å². The number of aromatic nitrogens is 1. The first-order valence-corrected chi connectivity index (χ1v) is 6.71. The fourth-order valence-electron chi connectivity index (χ4n) is 1.85. The lowest BCUT2D eigenvalue weighted by molar-refractivity contribution is 0.548. The lowest BCUT2D eigenvalue weighted by atomic mass is 10.3. The van der Waals surface area contributed by atoms with Gasteiger partial charge in [-0.3, -0.25) is 4.90 Å². The largest absolute Gasteiger partial charge is 0.431 e. The molecule has 0 amide bonds. The number of nitrogens with one attached hydrogen (secondary N) is 1. The third-order valence-electron chi connectivity index (χ3n) is 2.85. The van der Waals surface area contributed by atoms with E-state index in [4.69, 9.17) is 4.42 Å². The summed E-state index contributed by atoms with van der Waals surface area (Å²) < 4.78 is 5.58. The summed E-state index contributed by atoms with van der Waals surface area (Å²) in [6.45, 7) is 7.87. The summed E-state index contributed by atoms with van der Waals surface area (Å²) in [5, 5.41) is 3.33. The first kappa shape index (κ1) is 13.6. The summed E-state index contributed by atoms with van der Waals surface area (Å²) in [7, 11) is 0. The van der Waals surface area contributed by atoms with Crippen LogP contribution in [0.4, 0.5) is 11.7 Å². The van der Waals surface area contributed by atoms with Crippen molar-refractivity contribution in [3.8, 4) is 0 Å². The van der Waals surface area contributed by atoms with E-state index in [0.717, 1.165) is 24.5 Å². The maximum Gasteiger partial charge on any atom is 0.302 e. The normalized spacial score (nSPS) is 10.9. The minimum Gasteiger partial charge on any atom is -0.431 e. The summed E-state index contributed by atoms with van der Waals surface area (Å²) >= 11 is 0. The van der Waals surface area contributed by atoms with Crippen molar-refractivity contribution in [2.75, 3.05) is 11.4 Å². The Morgan fingerprint density at radius 1 is 1.26 bits per heavy atom. The van der Waals surface area contributed by atoms with Crippen molar-refractivity contribution in [1.82, 2.24) is 10.3 Å². The molecule has 4 nitrogen and oxygen atoms in total. The van der Waals surface area contributed by atoms with Crippen LogP contribution in [0.15, 0.2) is 41.0 Å². The maximum atomic E-state index is 5.58. The fraction of sp³-hybridized carbons (Fsp3) is 0.400. The Balaban J connectivity index is 2.12. The van der Waals surface area contributed by atoms with Gasteiger partial charge in [-0.1, -0.05) is 32.0 Å². The summed E-state index contributed by atoms with van der Waals surface area (Å²) in [6, 6.07) is 11.2. The first-order chi connectivity index (χ1) is 9.20. The molecule has 0 aliphatic rings. The zero-order chi connectivity index (χ0) is 13.7. The van der Waals surface area contributed by atoms with Crippen molar-refractivity contribution in [2.24, 2.45) is 0 Å². The number of hydrogen-bond acceptors (Lipinski definition) is 4. The Morgan fingerprint density at radius 3 is 2.63 bits per heavy atom. The molecule has 0 fully saturated rings. The smallest absolute Gasteiger partial charge is 0.302 e. The molecule has 19 heavy (non-hydrogen) atoms. The van der Waals surface area contributed by atoms with E-state index < -0.39 is 0 Å². The number of hydrogen-bond donors (Lipinski definition) is 1. The molecule has 0 spiro atoms. The van der Waals surface area contributed by atoms with Crippen LogP contribution < -0.4 is 10.2 Å². The van der Waals surface area contributed by atoms with Gasteiger partial charge in [-0.05, 0) is 19.1 Å². The summed E-state index contributed by atoms with van der Waals surface area (Å²) in [5.74, 6) is 0. The molecule has 1 aromatic carbocycles. The highest BCUT2D eigenvalue weighted by atomic mass is 16.4. The number of nitrogens with zero attached hydrogens (tertiary/aromatic N) is 2. The van der Waals surface area contributed by atoms with Gasteiger partial charge in [0.2, 0.25) is 0 Å². The molecule has 102 valence electrons. The lowest BCUT2D eigenvalue weighted by Crippen LogP contribution is -2.22. The van der Waals surface area contributed by atoms with E-state index in [1.165, 1.54) is 0 Å². The molecule has 0 aliphatic carbocycles. The molecule has 1 aromatic heterocycles. The first-order valence-electron chi connectivity index (χ1n) is 6.71. The highest BCUT2D eigenvalue weighted by Gasteiger charge is 2.13. The van der Waals surface area contributed by atoms with Gasteiger partial charge in [0, 0.05) is 24.8 Å². The number of anilines is 2. The topological polar surface area (TPSA) is 41.3 Å². The van der Waals surface area contributed by atoms with Crippen molar-refractivity contribution in [3.63, 3.8) is 0 Å². The van der Waals surface area contributed by atoms with E-state index in [2.05, 4.69) is 48.1 Å². The van der Waals surface area contributed by atoms with Crippen molar-refractivity contribution in [3.05, 3.63) is 42.3 Å². The van der Waals surface area contributed by atoms with Crippen molar-refractivity contribution < 1.29 is 4.42 Å². The van der Waals surface area contributed by atoms with Crippen LogP contribution in [0.25, 0.3) is 0 Å². The number of para-hydroxylation sites is 1. The molecular weight excluding hydrogens is 238 g/mol. The zero-order valence-electron chi connectivity index (χ0n) is 11.8. The van der Waals surface area contributed by atoms with Gasteiger partial charge in [-0.15, -0.1) is 0 Å². The van der Waals surface area contributed by atoms with Crippen LogP contribution in [0.1, 0.15) is 26.5 Å². The second-order valence-electron chi connectivity index (χ2n) is 4.74. The molecule has 0 saturated carbocycles. The van der Waals surface area contributed by atoms with Gasteiger partial charge in [-0.25, -0.2) is 0 Å². The van der Waals surface area contributed by atoms with E-state index in [9.17, 15) is 0 Å². The van der Waals surface area contributed by atoms with Crippen LogP contribution in [0.5, 0.6) is 0 Å². The van der Waals surface area contributed by atoms with Gasteiger partial charge in [0.1, 0.15) is 6.26 Å². The van der Waals surface area contributed by atoms with Crippen molar-refractivity contribution in [1.29, 1.82) is 0 Å². The van der Waals surface area contributed by atoms with E-state index in [0.29, 0.717) is 12.1 Å². The fourth-order valence-corrected chi connectivity index (χ4v) is 1.85. The molecule has 0 unspecified atom stereocenters. The standard InChI is InChI=1S/C15H21N3O/c1-4-18(14-8-6-5-7-9-14)15-17-13(11-19-15)10-16-12(2)3/h5-9,11-12,16H,4,10H2,1-3H3. The molecule has 1 N–H and O–H groups in total. The van der Waals surface area contributed by atoms with Gasteiger partial charge in [0.15, 0.2) is 0 Å². The molecular formula is C15H21N3O. The van der Waals surface area contributed by atoms with Crippen LogP contribution in [0.3, 0.4) is 0 Å². The Labute approximate surface area is 114 Å². The third-order valence-corrected chi connectivity index (χ3v) is 2.85. The minimum absolute atomic E-state index is 0.441. The molecule has 0 saturated heterocycles. The summed E-state index contributed by atoms with van der Waals surface area (Å²) in [5.41, 5.74) is 2.02. The average molecular weight is 259 g/mol. The molecule has 2 rings (SSSR count). The van der Waals surface area contributed by atoms with E-state index in [1.54, 1.807) is 6.26 Å². The van der Waals surface area contributed by atoms with Crippen LogP contribution in [0, 0.1) is 0 Å². The second-order valence-corrected chi connectivity index (χ2v) is 4.74. The highest BCUT2D eigenvalue weighted by Crippen LogP contribution is 2.23. The van der Waals surface area contributed by atoms with Gasteiger partial charge < -0.3 is 9.73 Å². The molecule has 0 radical (unpaired) electrons. The summed E-state index contributed by atoms with van der Waals surface area (Å²) in [4.78, 5) is 6.58. The van der Waals surface area contributed by atoms with Crippen LogP contribution >= 0.6 is 0 Å². The summed E-state index contributed by atoms with van der Waals surface area (Å²) in [6.07, 6.45) is 1.72. The minimum atomic E-state index is 0.441. The Hall–Kier alpha value is -1.81. The average Bonchev–Trinajstić information content (AvgIpc) is 2.87. The monoisotopic (exact) mass is 259 g/mol. The molecule has 4 heteroatoms. The van der Waals surface area contributed by atoms with Crippen LogP contribution in [0.2, 0.25) is 0 Å². The Bertz CT molecular complexity index is 493. The van der Waals surface area contributed by atoms with Gasteiger partial charge in [0.25, 0.3) is 0 Å². The van der Waals surface area contributed by atoms with Crippen molar-refractivity contribution in [2.45, 2.75) is 33.4 Å². The predicted octanol–water partition coefficient (Wildman–Crippen LogP) is 3.33. The number of rotatable bonds is 6. The molecule has 0 atom stereocenters. The van der Waals surface area contributed by atoms with E-state index in [1.807, 2.05) is 18.2 Å². The van der Waals surface area contributed by atoms with Crippen LogP contribution in [-0.4, -0.2) is 17.6 Å². The van der Waals surface area contributed by atoms with Gasteiger partial charge >= 0.3 is 6.01 Å². The van der Waals surface area contributed by atoms with E-state index >= 15 is 0 Å². The Morgan fingerprint density at radius 2 is 2.00 bits per heavy atom. The van der Waals surface area contributed by atoms with Gasteiger partial charge in [-0.2, -0.15) is 4.98 Å². The van der Waals surface area contributed by atoms with Crippen molar-refractivity contribution >= 4 is 11.7 Å². The number of benzene rings is 1. The van der Waals surface area contributed by atoms with Gasteiger partial charge in [0.05, 0.1) is 5.69 Å². The maximum absolute atomic E-state index is 5.58. The van der Waals surface area contributed by atoms with Crippen LogP contribution in [-0.2, 0) is 6.54 Å².